The average Bonchev–Trinajstić information content (AvgIpc) is 2.27. The van der Waals surface area contributed by atoms with E-state index in [1.165, 1.54) is 6.07 Å². The Morgan fingerprint density at radius 2 is 2.18 bits per heavy atom. The van der Waals surface area contributed by atoms with Gasteiger partial charge in [-0.1, -0.05) is 25.1 Å². The summed E-state index contributed by atoms with van der Waals surface area (Å²) in [5.41, 5.74) is 0.109. The van der Waals surface area contributed by atoms with E-state index in [0.717, 1.165) is 6.42 Å². The van der Waals surface area contributed by atoms with Crippen molar-refractivity contribution in [2.24, 2.45) is 5.41 Å². The number of rotatable bonds is 4. The molecule has 1 aromatic carbocycles. The maximum Gasteiger partial charge on any atom is 0.231 e. The molecule has 1 N–H and O–H groups in total. The molecule has 1 aromatic rings. The van der Waals surface area contributed by atoms with Crippen LogP contribution in [0.25, 0.3) is 0 Å². The molecule has 1 aliphatic rings. The lowest BCUT2D eigenvalue weighted by Gasteiger charge is -2.39. The molecule has 0 atom stereocenters. The highest BCUT2D eigenvalue weighted by molar-refractivity contribution is 5.83. The van der Waals surface area contributed by atoms with Crippen LogP contribution in [0.1, 0.15) is 18.9 Å². The minimum atomic E-state index is -0.398. The molecule has 0 saturated carbocycles. The molecule has 0 aliphatic carbocycles. The summed E-state index contributed by atoms with van der Waals surface area (Å²) in [5, 5.41) is 2.77. The second-order valence-corrected chi connectivity index (χ2v) is 4.40. The Bertz CT molecular complexity index is 410. The first kappa shape index (κ1) is 12.0. The predicted octanol–water partition coefficient (Wildman–Crippen LogP) is 1.87. The molecule has 1 aliphatic heterocycles. The maximum absolute atomic E-state index is 13.3. The molecule has 0 unspecified atom stereocenters. The molecule has 1 amide bonds. The molecule has 1 fully saturated rings. The van der Waals surface area contributed by atoms with E-state index in [-0.39, 0.29) is 18.3 Å². The zero-order valence-corrected chi connectivity index (χ0v) is 9.83. The molecular weight excluding hydrogens is 221 g/mol. The monoisotopic (exact) mass is 237 g/mol. The molecular formula is C13H16FNO2. The summed E-state index contributed by atoms with van der Waals surface area (Å²) in [6.07, 6.45) is 0.746. The molecule has 4 heteroatoms. The van der Waals surface area contributed by atoms with E-state index in [1.54, 1.807) is 18.2 Å². The summed E-state index contributed by atoms with van der Waals surface area (Å²) in [6.45, 7) is 3.12. The Kier molecular flexibility index (Phi) is 3.43. The first-order valence-electron chi connectivity index (χ1n) is 5.77. The van der Waals surface area contributed by atoms with Crippen LogP contribution in [-0.2, 0) is 16.1 Å². The lowest BCUT2D eigenvalue weighted by atomic mass is 9.82. The van der Waals surface area contributed by atoms with Crippen molar-refractivity contribution >= 4 is 5.91 Å². The summed E-state index contributed by atoms with van der Waals surface area (Å²) in [5.74, 6) is -0.335. The third-order valence-corrected chi connectivity index (χ3v) is 3.31. The van der Waals surface area contributed by atoms with Crippen LogP contribution in [-0.4, -0.2) is 19.1 Å². The van der Waals surface area contributed by atoms with Gasteiger partial charge < -0.3 is 10.1 Å². The van der Waals surface area contributed by atoms with Crippen LogP contribution in [0, 0.1) is 11.2 Å². The van der Waals surface area contributed by atoms with Crippen LogP contribution < -0.4 is 5.32 Å². The standard InChI is InChI=1S/C13H16FNO2/c1-2-13(8-17-9-13)12(16)15-7-10-5-3-4-6-11(10)14/h3-6H,2,7-9H2,1H3,(H,15,16). The first-order valence-corrected chi connectivity index (χ1v) is 5.77. The molecule has 1 heterocycles. The average molecular weight is 237 g/mol. The van der Waals surface area contributed by atoms with Crippen molar-refractivity contribution in [3.8, 4) is 0 Å². The smallest absolute Gasteiger partial charge is 0.231 e. The van der Waals surface area contributed by atoms with Gasteiger partial charge in [0.2, 0.25) is 5.91 Å². The third-order valence-electron chi connectivity index (χ3n) is 3.31. The second kappa shape index (κ2) is 4.84. The number of hydrogen-bond donors (Lipinski definition) is 1. The maximum atomic E-state index is 13.3. The summed E-state index contributed by atoms with van der Waals surface area (Å²) in [6, 6.07) is 6.45. The van der Waals surface area contributed by atoms with Crippen molar-refractivity contribution in [2.45, 2.75) is 19.9 Å². The molecule has 0 aromatic heterocycles. The SMILES string of the molecule is CCC1(C(=O)NCc2ccccc2F)COC1. The number of ether oxygens (including phenoxy) is 1. The van der Waals surface area contributed by atoms with Crippen LogP contribution in [0.3, 0.4) is 0 Å². The van der Waals surface area contributed by atoms with E-state index in [9.17, 15) is 9.18 Å². The van der Waals surface area contributed by atoms with E-state index < -0.39 is 5.41 Å². The van der Waals surface area contributed by atoms with Gasteiger partial charge >= 0.3 is 0 Å². The Balaban J connectivity index is 1.95. The van der Waals surface area contributed by atoms with Gasteiger partial charge in [0.25, 0.3) is 0 Å². The molecule has 17 heavy (non-hydrogen) atoms. The summed E-state index contributed by atoms with van der Waals surface area (Å²) in [4.78, 5) is 11.9. The molecule has 92 valence electrons. The fourth-order valence-electron chi connectivity index (χ4n) is 1.85. The van der Waals surface area contributed by atoms with Gasteiger partial charge in [0.05, 0.1) is 18.6 Å². The Labute approximate surface area is 100.0 Å². The van der Waals surface area contributed by atoms with Crippen molar-refractivity contribution in [3.63, 3.8) is 0 Å². The van der Waals surface area contributed by atoms with Crippen LogP contribution in [0.2, 0.25) is 0 Å². The van der Waals surface area contributed by atoms with Crippen LogP contribution >= 0.6 is 0 Å². The zero-order valence-electron chi connectivity index (χ0n) is 9.83. The van der Waals surface area contributed by atoms with Gasteiger partial charge in [-0.25, -0.2) is 4.39 Å². The Hall–Kier alpha value is -1.42. The number of benzene rings is 1. The third kappa shape index (κ3) is 2.31. The highest BCUT2D eigenvalue weighted by Crippen LogP contribution is 2.31. The highest BCUT2D eigenvalue weighted by atomic mass is 19.1. The van der Waals surface area contributed by atoms with Crippen LogP contribution in [0.4, 0.5) is 4.39 Å². The fraction of sp³-hybridized carbons (Fsp3) is 0.462. The normalized spacial score (nSPS) is 17.3. The van der Waals surface area contributed by atoms with E-state index in [4.69, 9.17) is 4.74 Å². The van der Waals surface area contributed by atoms with Crippen molar-refractivity contribution in [1.82, 2.24) is 5.32 Å². The highest BCUT2D eigenvalue weighted by Gasteiger charge is 2.43. The molecule has 2 rings (SSSR count). The van der Waals surface area contributed by atoms with E-state index in [1.807, 2.05) is 6.92 Å². The largest absolute Gasteiger partial charge is 0.379 e. The number of nitrogens with one attached hydrogen (secondary N) is 1. The van der Waals surface area contributed by atoms with Gasteiger partial charge in [0.15, 0.2) is 0 Å². The first-order chi connectivity index (χ1) is 8.18. The topological polar surface area (TPSA) is 38.3 Å². The number of carbonyl (C=O) groups is 1. The number of hydrogen-bond acceptors (Lipinski definition) is 2. The van der Waals surface area contributed by atoms with Crippen molar-refractivity contribution in [2.75, 3.05) is 13.2 Å². The lowest BCUT2D eigenvalue weighted by Crippen LogP contribution is -2.53. The molecule has 0 bridgehead atoms. The quantitative estimate of drug-likeness (QED) is 0.868. The minimum absolute atomic E-state index is 0.0468. The van der Waals surface area contributed by atoms with Gasteiger partial charge in [-0.15, -0.1) is 0 Å². The molecule has 0 spiro atoms. The van der Waals surface area contributed by atoms with Crippen molar-refractivity contribution in [1.29, 1.82) is 0 Å². The fourth-order valence-corrected chi connectivity index (χ4v) is 1.85. The minimum Gasteiger partial charge on any atom is -0.379 e. The summed E-state index contributed by atoms with van der Waals surface area (Å²) >= 11 is 0. The van der Waals surface area contributed by atoms with Crippen molar-refractivity contribution in [3.05, 3.63) is 35.6 Å². The van der Waals surface area contributed by atoms with Gasteiger partial charge in [-0.05, 0) is 12.5 Å². The second-order valence-electron chi connectivity index (χ2n) is 4.40. The Morgan fingerprint density at radius 1 is 1.47 bits per heavy atom. The van der Waals surface area contributed by atoms with Gasteiger partial charge in [0.1, 0.15) is 5.82 Å². The van der Waals surface area contributed by atoms with E-state index in [2.05, 4.69) is 5.32 Å². The van der Waals surface area contributed by atoms with Gasteiger partial charge in [-0.3, -0.25) is 4.79 Å². The van der Waals surface area contributed by atoms with Crippen LogP contribution in [0.15, 0.2) is 24.3 Å². The van der Waals surface area contributed by atoms with Gasteiger partial charge in [-0.2, -0.15) is 0 Å². The summed E-state index contributed by atoms with van der Waals surface area (Å²) in [7, 11) is 0. The zero-order chi connectivity index (χ0) is 12.3. The predicted molar refractivity (Wildman–Crippen MR) is 61.8 cm³/mol. The molecule has 3 nitrogen and oxygen atoms in total. The number of amides is 1. The van der Waals surface area contributed by atoms with Gasteiger partial charge in [0, 0.05) is 12.1 Å². The van der Waals surface area contributed by atoms with E-state index in [0.29, 0.717) is 18.8 Å². The van der Waals surface area contributed by atoms with E-state index >= 15 is 0 Å². The van der Waals surface area contributed by atoms with Crippen LogP contribution in [0.5, 0.6) is 0 Å². The van der Waals surface area contributed by atoms with Crippen molar-refractivity contribution < 1.29 is 13.9 Å². The summed E-state index contributed by atoms with van der Waals surface area (Å²) < 4.78 is 18.4. The lowest BCUT2D eigenvalue weighted by molar-refractivity contribution is -0.162. The Morgan fingerprint density at radius 3 is 2.71 bits per heavy atom. The molecule has 1 saturated heterocycles. The number of carbonyl (C=O) groups excluding carboxylic acids is 1. The number of halogens is 1. The molecule has 0 radical (unpaired) electrons.